The highest BCUT2D eigenvalue weighted by atomic mass is 35.5. The van der Waals surface area contributed by atoms with Gasteiger partial charge in [-0.05, 0) is 49.1 Å². The van der Waals surface area contributed by atoms with Crippen molar-refractivity contribution in [1.82, 2.24) is 10.2 Å². The summed E-state index contributed by atoms with van der Waals surface area (Å²) in [4.78, 5) is 25.9. The molecule has 2 amide bonds. The number of aryl methyl sites for hydroxylation is 1. The van der Waals surface area contributed by atoms with Gasteiger partial charge in [0, 0.05) is 42.2 Å². The van der Waals surface area contributed by atoms with Crippen LogP contribution in [0.1, 0.15) is 35.7 Å². The molecule has 0 saturated carbocycles. The van der Waals surface area contributed by atoms with E-state index < -0.39 is 0 Å². The molecule has 0 bridgehead atoms. The number of benzene rings is 2. The fourth-order valence-corrected chi connectivity index (χ4v) is 3.83. The zero-order valence-corrected chi connectivity index (χ0v) is 15.8. The second-order valence-electron chi connectivity index (χ2n) is 6.78. The molecule has 5 heteroatoms. The van der Waals surface area contributed by atoms with Crippen molar-refractivity contribution in [3.05, 3.63) is 58.6 Å². The minimum Gasteiger partial charge on any atom is -0.353 e. The van der Waals surface area contributed by atoms with Crippen LogP contribution in [0, 0.1) is 6.92 Å². The fourth-order valence-electron chi connectivity index (χ4n) is 3.50. The van der Waals surface area contributed by atoms with E-state index in [-0.39, 0.29) is 17.9 Å². The van der Waals surface area contributed by atoms with Gasteiger partial charge >= 0.3 is 0 Å². The summed E-state index contributed by atoms with van der Waals surface area (Å²) in [6, 6.07) is 13.6. The van der Waals surface area contributed by atoms with Crippen LogP contribution < -0.4 is 5.32 Å². The highest BCUT2D eigenvalue weighted by Gasteiger charge is 2.24. The molecular weight excluding hydrogens is 348 g/mol. The number of piperidine rings is 1. The van der Waals surface area contributed by atoms with Crippen LogP contribution in [-0.2, 0) is 4.79 Å². The summed E-state index contributed by atoms with van der Waals surface area (Å²) >= 11 is 6.37. The molecule has 4 nitrogen and oxygen atoms in total. The zero-order chi connectivity index (χ0) is 18.7. The van der Waals surface area contributed by atoms with Crippen LogP contribution in [0.5, 0.6) is 0 Å². The summed E-state index contributed by atoms with van der Waals surface area (Å²) in [5.74, 6) is 0.00965. The third-order valence-electron chi connectivity index (χ3n) is 4.81. The molecule has 1 saturated heterocycles. The van der Waals surface area contributed by atoms with Gasteiger partial charge in [-0.25, -0.2) is 0 Å². The van der Waals surface area contributed by atoms with E-state index in [0.29, 0.717) is 23.7 Å². The molecule has 0 radical (unpaired) electrons. The first-order valence-corrected chi connectivity index (χ1v) is 9.25. The highest BCUT2D eigenvalue weighted by molar-refractivity contribution is 6.33. The summed E-state index contributed by atoms with van der Waals surface area (Å²) in [6.45, 7) is 4.85. The first kappa shape index (κ1) is 18.5. The van der Waals surface area contributed by atoms with E-state index in [0.717, 1.165) is 29.5 Å². The van der Waals surface area contributed by atoms with Crippen molar-refractivity contribution in [2.75, 3.05) is 13.1 Å². The second kappa shape index (κ2) is 7.92. The Labute approximate surface area is 159 Å². The Morgan fingerprint density at radius 1 is 1.12 bits per heavy atom. The average molecular weight is 371 g/mol. The number of nitrogens with one attached hydrogen (secondary N) is 1. The first-order valence-electron chi connectivity index (χ1n) is 8.87. The Morgan fingerprint density at radius 3 is 2.46 bits per heavy atom. The molecule has 0 atom stereocenters. The molecule has 2 aromatic carbocycles. The van der Waals surface area contributed by atoms with Gasteiger partial charge in [-0.2, -0.15) is 0 Å². The lowest BCUT2D eigenvalue weighted by Gasteiger charge is -2.32. The molecule has 3 rings (SSSR count). The minimum absolute atomic E-state index is 0.0161. The Morgan fingerprint density at radius 2 is 1.81 bits per heavy atom. The van der Waals surface area contributed by atoms with E-state index in [1.54, 1.807) is 0 Å². The van der Waals surface area contributed by atoms with Gasteiger partial charge in [0.15, 0.2) is 0 Å². The maximum atomic E-state index is 12.9. The van der Waals surface area contributed by atoms with Gasteiger partial charge in [0.05, 0.1) is 0 Å². The van der Waals surface area contributed by atoms with Crippen molar-refractivity contribution < 1.29 is 9.59 Å². The predicted molar refractivity (Wildman–Crippen MR) is 104 cm³/mol. The smallest absolute Gasteiger partial charge is 0.253 e. The number of halogens is 1. The number of amides is 2. The fraction of sp³-hybridized carbons (Fsp3) is 0.333. The number of nitrogens with zero attached hydrogens (tertiary/aromatic N) is 1. The van der Waals surface area contributed by atoms with Crippen molar-refractivity contribution in [3.63, 3.8) is 0 Å². The van der Waals surface area contributed by atoms with Crippen molar-refractivity contribution in [2.45, 2.75) is 32.7 Å². The quantitative estimate of drug-likeness (QED) is 0.885. The molecular formula is C21H23ClN2O2. The lowest BCUT2D eigenvalue weighted by atomic mass is 9.98. The van der Waals surface area contributed by atoms with Crippen LogP contribution in [0.15, 0.2) is 42.5 Å². The normalized spacial score (nSPS) is 15.0. The molecule has 26 heavy (non-hydrogen) atoms. The molecule has 0 aromatic heterocycles. The Bertz CT molecular complexity index is 806. The van der Waals surface area contributed by atoms with Crippen LogP contribution in [0.2, 0.25) is 5.02 Å². The second-order valence-corrected chi connectivity index (χ2v) is 7.19. The third-order valence-corrected chi connectivity index (χ3v) is 5.12. The van der Waals surface area contributed by atoms with Gasteiger partial charge in [0.1, 0.15) is 0 Å². The number of likely N-dealkylation sites (tertiary alicyclic amines) is 1. The number of hydrogen-bond donors (Lipinski definition) is 1. The summed E-state index contributed by atoms with van der Waals surface area (Å²) < 4.78 is 0. The van der Waals surface area contributed by atoms with Gasteiger partial charge in [0.2, 0.25) is 5.91 Å². The standard InChI is InChI=1S/C21H23ClN2O2/c1-14-5-3-8-19(22)20(14)16-6-4-7-17(13-16)21(26)24-11-9-18(10-12-24)23-15(2)25/h3-8,13,18H,9-12H2,1-2H3,(H,23,25). The van der Waals surface area contributed by atoms with Crippen LogP contribution in [0.4, 0.5) is 0 Å². The highest BCUT2D eigenvalue weighted by Crippen LogP contribution is 2.31. The van der Waals surface area contributed by atoms with E-state index in [4.69, 9.17) is 11.6 Å². The molecule has 1 heterocycles. The van der Waals surface area contributed by atoms with Crippen LogP contribution in [0.3, 0.4) is 0 Å². The van der Waals surface area contributed by atoms with Crippen molar-refractivity contribution in [2.24, 2.45) is 0 Å². The maximum Gasteiger partial charge on any atom is 0.253 e. The third kappa shape index (κ3) is 4.07. The molecule has 136 valence electrons. The Balaban J connectivity index is 1.77. The molecule has 1 N–H and O–H groups in total. The predicted octanol–water partition coefficient (Wildman–Crippen LogP) is 4.06. The minimum atomic E-state index is -0.0161. The molecule has 1 aliphatic heterocycles. The van der Waals surface area contributed by atoms with E-state index in [1.165, 1.54) is 6.92 Å². The SMILES string of the molecule is CC(=O)NC1CCN(C(=O)c2cccc(-c3c(C)cccc3Cl)c2)CC1. The van der Waals surface area contributed by atoms with Gasteiger partial charge in [0.25, 0.3) is 5.91 Å². The van der Waals surface area contributed by atoms with Crippen molar-refractivity contribution in [3.8, 4) is 11.1 Å². The van der Waals surface area contributed by atoms with Gasteiger partial charge < -0.3 is 10.2 Å². The number of carbonyl (C=O) groups excluding carboxylic acids is 2. The van der Waals surface area contributed by atoms with Gasteiger partial charge in [-0.1, -0.05) is 35.9 Å². The molecule has 1 aliphatic rings. The summed E-state index contributed by atoms with van der Waals surface area (Å²) in [6.07, 6.45) is 1.57. The topological polar surface area (TPSA) is 49.4 Å². The van der Waals surface area contributed by atoms with Gasteiger partial charge in [-0.15, -0.1) is 0 Å². The van der Waals surface area contributed by atoms with Crippen LogP contribution >= 0.6 is 11.6 Å². The van der Waals surface area contributed by atoms with Crippen molar-refractivity contribution in [1.29, 1.82) is 0 Å². The summed E-state index contributed by atoms with van der Waals surface area (Å²) in [5.41, 5.74) is 3.67. The Hall–Kier alpha value is -2.33. The molecule has 1 fully saturated rings. The average Bonchev–Trinajstić information content (AvgIpc) is 2.61. The van der Waals surface area contributed by atoms with E-state index >= 15 is 0 Å². The van der Waals surface area contributed by atoms with Crippen LogP contribution in [0.25, 0.3) is 11.1 Å². The van der Waals surface area contributed by atoms with Crippen molar-refractivity contribution >= 4 is 23.4 Å². The largest absolute Gasteiger partial charge is 0.353 e. The molecule has 0 spiro atoms. The zero-order valence-electron chi connectivity index (χ0n) is 15.1. The lowest BCUT2D eigenvalue weighted by molar-refractivity contribution is -0.119. The Kier molecular flexibility index (Phi) is 5.62. The lowest BCUT2D eigenvalue weighted by Crippen LogP contribution is -2.46. The number of hydrogen-bond acceptors (Lipinski definition) is 2. The van der Waals surface area contributed by atoms with Gasteiger partial charge in [-0.3, -0.25) is 9.59 Å². The molecule has 2 aromatic rings. The molecule has 0 aliphatic carbocycles. The first-order chi connectivity index (χ1) is 12.5. The van der Waals surface area contributed by atoms with E-state index in [9.17, 15) is 9.59 Å². The molecule has 0 unspecified atom stereocenters. The van der Waals surface area contributed by atoms with E-state index in [2.05, 4.69) is 5.32 Å². The number of rotatable bonds is 3. The number of carbonyl (C=O) groups is 2. The van der Waals surface area contributed by atoms with E-state index in [1.807, 2.05) is 54.3 Å². The summed E-state index contributed by atoms with van der Waals surface area (Å²) in [7, 11) is 0. The maximum absolute atomic E-state index is 12.9. The summed E-state index contributed by atoms with van der Waals surface area (Å²) in [5, 5.41) is 3.62. The van der Waals surface area contributed by atoms with Crippen LogP contribution in [-0.4, -0.2) is 35.8 Å². The monoisotopic (exact) mass is 370 g/mol.